The van der Waals surface area contributed by atoms with Gasteiger partial charge in [0.05, 0.1) is 6.61 Å². The van der Waals surface area contributed by atoms with E-state index in [4.69, 9.17) is 5.11 Å². The van der Waals surface area contributed by atoms with E-state index in [-0.39, 0.29) is 6.61 Å². The Bertz CT molecular complexity index is 602. The van der Waals surface area contributed by atoms with Crippen LogP contribution in [0.25, 0.3) is 0 Å². The molecule has 3 rings (SSSR count). The molecule has 0 aromatic heterocycles. The summed E-state index contributed by atoms with van der Waals surface area (Å²) in [5.41, 5.74) is 5.07. The van der Waals surface area contributed by atoms with Gasteiger partial charge in [0.15, 0.2) is 0 Å². The largest absolute Gasteiger partial charge is 0.392 e. The topological polar surface area (TPSA) is 32.3 Å². The van der Waals surface area contributed by atoms with E-state index in [0.717, 1.165) is 12.1 Å². The minimum Gasteiger partial charge on any atom is -0.392 e. The Morgan fingerprint density at radius 2 is 1.81 bits per heavy atom. The normalized spacial score (nSPS) is 21.0. The number of aryl methyl sites for hydroxylation is 1. The van der Waals surface area contributed by atoms with Crippen molar-refractivity contribution < 1.29 is 5.11 Å². The third-order valence-corrected chi connectivity index (χ3v) is 4.42. The number of benzene rings is 2. The van der Waals surface area contributed by atoms with Crippen LogP contribution >= 0.6 is 0 Å². The second-order valence-corrected chi connectivity index (χ2v) is 6.14. The first-order valence-electron chi connectivity index (χ1n) is 7.73. The average molecular weight is 281 g/mol. The zero-order valence-corrected chi connectivity index (χ0v) is 12.5. The molecule has 0 radical (unpaired) electrons. The fourth-order valence-electron chi connectivity index (χ4n) is 3.08. The first-order valence-corrected chi connectivity index (χ1v) is 7.73. The van der Waals surface area contributed by atoms with Gasteiger partial charge < -0.3 is 10.4 Å². The maximum Gasteiger partial charge on any atom is 0.0681 e. The van der Waals surface area contributed by atoms with E-state index in [1.165, 1.54) is 29.5 Å². The molecule has 0 spiro atoms. The number of aliphatic hydroxyl groups excluding tert-OH is 1. The highest BCUT2D eigenvalue weighted by molar-refractivity contribution is 5.28. The smallest absolute Gasteiger partial charge is 0.0681 e. The first-order chi connectivity index (χ1) is 10.2. The highest BCUT2D eigenvalue weighted by Crippen LogP contribution is 2.37. The Morgan fingerprint density at radius 1 is 1.05 bits per heavy atom. The Labute approximate surface area is 126 Å². The zero-order chi connectivity index (χ0) is 14.7. The van der Waals surface area contributed by atoms with E-state index in [0.29, 0.717) is 12.0 Å². The average Bonchev–Trinajstić information content (AvgIpc) is 2.46. The highest BCUT2D eigenvalue weighted by atomic mass is 16.3. The number of nitrogens with one attached hydrogen (secondary N) is 1. The van der Waals surface area contributed by atoms with Crippen LogP contribution in [0, 0.1) is 6.92 Å². The monoisotopic (exact) mass is 281 g/mol. The van der Waals surface area contributed by atoms with Crippen LogP contribution in [-0.4, -0.2) is 11.1 Å². The number of rotatable bonds is 5. The fraction of sp³-hybridized carbons (Fsp3) is 0.368. The van der Waals surface area contributed by atoms with Crippen molar-refractivity contribution in [3.63, 3.8) is 0 Å². The summed E-state index contributed by atoms with van der Waals surface area (Å²) in [6, 6.07) is 17.7. The van der Waals surface area contributed by atoms with Gasteiger partial charge in [-0.1, -0.05) is 54.1 Å². The molecule has 110 valence electrons. The van der Waals surface area contributed by atoms with Crippen molar-refractivity contribution >= 4 is 0 Å². The van der Waals surface area contributed by atoms with Gasteiger partial charge in [-0.3, -0.25) is 0 Å². The molecule has 2 aromatic rings. The van der Waals surface area contributed by atoms with E-state index in [1.54, 1.807) is 0 Å². The van der Waals surface area contributed by atoms with Crippen LogP contribution in [-0.2, 0) is 13.2 Å². The molecule has 1 saturated carbocycles. The molecule has 2 heteroatoms. The van der Waals surface area contributed by atoms with E-state index in [1.807, 2.05) is 12.1 Å². The van der Waals surface area contributed by atoms with Gasteiger partial charge in [-0.05, 0) is 42.4 Å². The summed E-state index contributed by atoms with van der Waals surface area (Å²) in [6.07, 6.45) is 2.45. The van der Waals surface area contributed by atoms with E-state index in [9.17, 15) is 0 Å². The predicted molar refractivity (Wildman–Crippen MR) is 86.1 cm³/mol. The van der Waals surface area contributed by atoms with Crippen molar-refractivity contribution in [2.75, 3.05) is 0 Å². The Balaban J connectivity index is 1.49. The van der Waals surface area contributed by atoms with Gasteiger partial charge in [-0.15, -0.1) is 0 Å². The number of hydrogen-bond acceptors (Lipinski definition) is 2. The molecule has 2 N–H and O–H groups in total. The quantitative estimate of drug-likeness (QED) is 0.879. The van der Waals surface area contributed by atoms with Gasteiger partial charge in [0.25, 0.3) is 0 Å². The third kappa shape index (κ3) is 3.52. The molecule has 2 nitrogen and oxygen atoms in total. The van der Waals surface area contributed by atoms with Crippen LogP contribution < -0.4 is 5.32 Å². The van der Waals surface area contributed by atoms with Crippen molar-refractivity contribution in [1.29, 1.82) is 0 Å². The third-order valence-electron chi connectivity index (χ3n) is 4.42. The summed E-state index contributed by atoms with van der Waals surface area (Å²) < 4.78 is 0. The van der Waals surface area contributed by atoms with Crippen molar-refractivity contribution in [1.82, 2.24) is 5.32 Å². The standard InChI is InChI=1S/C19H23NO/c1-14-4-2-7-17(8-14)18-10-19(11-18)20-12-15-5-3-6-16(9-15)13-21/h2-9,18-21H,10-13H2,1H3. The van der Waals surface area contributed by atoms with Gasteiger partial charge in [0.1, 0.15) is 0 Å². The summed E-state index contributed by atoms with van der Waals surface area (Å²) in [7, 11) is 0. The lowest BCUT2D eigenvalue weighted by Crippen LogP contribution is -2.39. The lowest BCUT2D eigenvalue weighted by Gasteiger charge is -2.36. The number of aliphatic hydroxyl groups is 1. The van der Waals surface area contributed by atoms with Crippen molar-refractivity contribution in [3.8, 4) is 0 Å². The first kappa shape index (κ1) is 14.3. The van der Waals surface area contributed by atoms with E-state index >= 15 is 0 Å². The minimum absolute atomic E-state index is 0.118. The van der Waals surface area contributed by atoms with Gasteiger partial charge in [-0.2, -0.15) is 0 Å². The highest BCUT2D eigenvalue weighted by Gasteiger charge is 2.29. The molecule has 0 saturated heterocycles. The molecule has 0 aliphatic heterocycles. The Morgan fingerprint density at radius 3 is 2.57 bits per heavy atom. The summed E-state index contributed by atoms with van der Waals surface area (Å²) in [4.78, 5) is 0. The van der Waals surface area contributed by atoms with Crippen LogP contribution in [0.1, 0.15) is 41.0 Å². The molecule has 1 fully saturated rings. The summed E-state index contributed by atoms with van der Waals surface area (Å²) in [6.45, 7) is 3.16. The number of hydrogen-bond donors (Lipinski definition) is 2. The second kappa shape index (κ2) is 6.42. The van der Waals surface area contributed by atoms with Crippen LogP contribution in [0.2, 0.25) is 0 Å². The maximum atomic E-state index is 9.16. The van der Waals surface area contributed by atoms with Gasteiger partial charge >= 0.3 is 0 Å². The lowest BCUT2D eigenvalue weighted by molar-refractivity contribution is 0.281. The predicted octanol–water partition coefficient (Wildman–Crippen LogP) is 3.52. The molecule has 0 bridgehead atoms. The molecule has 0 unspecified atom stereocenters. The van der Waals surface area contributed by atoms with Crippen molar-refractivity contribution in [2.45, 2.75) is 44.9 Å². The van der Waals surface area contributed by atoms with Gasteiger partial charge in [0.2, 0.25) is 0 Å². The Hall–Kier alpha value is -1.64. The Kier molecular flexibility index (Phi) is 4.37. The molecule has 0 amide bonds. The lowest BCUT2D eigenvalue weighted by atomic mass is 9.75. The summed E-state index contributed by atoms with van der Waals surface area (Å²) in [5, 5.41) is 12.8. The van der Waals surface area contributed by atoms with Crippen molar-refractivity contribution in [2.24, 2.45) is 0 Å². The second-order valence-electron chi connectivity index (χ2n) is 6.14. The molecule has 0 atom stereocenters. The minimum atomic E-state index is 0.118. The van der Waals surface area contributed by atoms with Crippen LogP contribution in [0.5, 0.6) is 0 Å². The van der Waals surface area contributed by atoms with E-state index < -0.39 is 0 Å². The molecule has 0 heterocycles. The molecule has 1 aliphatic carbocycles. The molecular formula is C19H23NO. The van der Waals surface area contributed by atoms with E-state index in [2.05, 4.69) is 48.6 Å². The van der Waals surface area contributed by atoms with Gasteiger partial charge in [0, 0.05) is 12.6 Å². The zero-order valence-electron chi connectivity index (χ0n) is 12.5. The van der Waals surface area contributed by atoms with Crippen molar-refractivity contribution in [3.05, 3.63) is 70.8 Å². The SMILES string of the molecule is Cc1cccc(C2CC(NCc3cccc(CO)c3)C2)c1. The summed E-state index contributed by atoms with van der Waals surface area (Å²) in [5.74, 6) is 0.714. The molecule has 21 heavy (non-hydrogen) atoms. The van der Waals surface area contributed by atoms with Crippen LogP contribution in [0.3, 0.4) is 0 Å². The molecular weight excluding hydrogens is 258 g/mol. The molecule has 2 aromatic carbocycles. The van der Waals surface area contributed by atoms with Gasteiger partial charge in [-0.25, -0.2) is 0 Å². The summed E-state index contributed by atoms with van der Waals surface area (Å²) >= 11 is 0. The maximum absolute atomic E-state index is 9.16. The van der Waals surface area contributed by atoms with Crippen LogP contribution in [0.15, 0.2) is 48.5 Å². The fourth-order valence-corrected chi connectivity index (χ4v) is 3.08. The van der Waals surface area contributed by atoms with Crippen LogP contribution in [0.4, 0.5) is 0 Å². The molecule has 1 aliphatic rings.